The lowest BCUT2D eigenvalue weighted by atomic mass is 10.2. The number of hydrogen-bond donors (Lipinski definition) is 0. The number of nitrogens with zero attached hydrogens (tertiary/aromatic N) is 4. The van der Waals surface area contributed by atoms with Crippen molar-refractivity contribution in [1.82, 2.24) is 15.2 Å². The van der Waals surface area contributed by atoms with Gasteiger partial charge in [-0.3, -0.25) is 0 Å². The normalized spacial score (nSPS) is 10.1. The van der Waals surface area contributed by atoms with Crippen LogP contribution in [0.1, 0.15) is 11.3 Å². The smallest absolute Gasteiger partial charge is 0.175 e. The zero-order valence-corrected chi connectivity index (χ0v) is 11.4. The Morgan fingerprint density at radius 3 is 2.94 bits per heavy atom. The molecule has 0 aliphatic carbocycles. The minimum Gasteiger partial charge on any atom is -0.245 e. The monoisotopic (exact) mass is 280 g/mol. The second-order valence-corrected chi connectivity index (χ2v) is 6.20. The molecular formula is C10H8N4S3. The molecule has 0 saturated heterocycles. The van der Waals surface area contributed by atoms with E-state index in [1.165, 1.54) is 0 Å². The van der Waals surface area contributed by atoms with E-state index in [0.717, 1.165) is 14.2 Å². The van der Waals surface area contributed by atoms with Gasteiger partial charge in [-0.1, -0.05) is 40.9 Å². The minimum atomic E-state index is 0.481. The lowest BCUT2D eigenvalue weighted by Crippen LogP contribution is -1.90. The molecule has 2 rings (SSSR count). The van der Waals surface area contributed by atoms with E-state index in [2.05, 4.69) is 21.3 Å². The van der Waals surface area contributed by atoms with Crippen molar-refractivity contribution < 1.29 is 0 Å². The summed E-state index contributed by atoms with van der Waals surface area (Å²) in [5.74, 6) is 0.694. The molecule has 2 aromatic rings. The minimum absolute atomic E-state index is 0.481. The van der Waals surface area contributed by atoms with Gasteiger partial charge in [-0.05, 0) is 17.9 Å². The first-order valence-corrected chi connectivity index (χ1v) is 7.70. The van der Waals surface area contributed by atoms with Crippen molar-refractivity contribution in [2.75, 3.05) is 6.26 Å². The van der Waals surface area contributed by atoms with Crippen LogP contribution in [0.2, 0.25) is 0 Å². The molecule has 0 bridgehead atoms. The van der Waals surface area contributed by atoms with Gasteiger partial charge in [0, 0.05) is 11.9 Å². The van der Waals surface area contributed by atoms with Crippen LogP contribution >= 0.6 is 34.9 Å². The Labute approximate surface area is 111 Å². The Kier molecular flexibility index (Phi) is 4.36. The number of hydrogen-bond acceptors (Lipinski definition) is 7. The fraction of sp³-hybridized carbons (Fsp3) is 0.200. The SMILES string of the molecule is CSc1nnc(SCc2cccnc2C#N)s1. The Balaban J connectivity index is 2.05. The molecule has 7 heteroatoms. The molecule has 17 heavy (non-hydrogen) atoms. The van der Waals surface area contributed by atoms with Gasteiger partial charge >= 0.3 is 0 Å². The second kappa shape index (κ2) is 6.00. The van der Waals surface area contributed by atoms with Crippen molar-refractivity contribution in [3.8, 4) is 6.07 Å². The highest BCUT2D eigenvalue weighted by atomic mass is 32.2. The van der Waals surface area contributed by atoms with Crippen LogP contribution in [-0.4, -0.2) is 21.4 Å². The third kappa shape index (κ3) is 3.19. The van der Waals surface area contributed by atoms with Gasteiger partial charge in [0.25, 0.3) is 0 Å². The first-order chi connectivity index (χ1) is 8.33. The lowest BCUT2D eigenvalue weighted by molar-refractivity contribution is 0.955. The first kappa shape index (κ1) is 12.4. The molecule has 86 valence electrons. The van der Waals surface area contributed by atoms with Crippen LogP contribution in [0.5, 0.6) is 0 Å². The molecule has 0 fully saturated rings. The predicted molar refractivity (Wildman–Crippen MR) is 70.2 cm³/mol. The standard InChI is InChI=1S/C10H8N4S3/c1-15-9-13-14-10(17-9)16-6-7-3-2-4-12-8(7)5-11/h2-4H,6H2,1H3. The Hall–Kier alpha value is -1.10. The third-order valence-electron chi connectivity index (χ3n) is 1.91. The van der Waals surface area contributed by atoms with Gasteiger partial charge in [0.15, 0.2) is 8.68 Å². The number of nitriles is 1. The summed E-state index contributed by atoms with van der Waals surface area (Å²) in [6.45, 7) is 0. The molecule has 0 unspecified atom stereocenters. The van der Waals surface area contributed by atoms with Crippen LogP contribution in [0.4, 0.5) is 0 Å². The van der Waals surface area contributed by atoms with E-state index < -0.39 is 0 Å². The first-order valence-electron chi connectivity index (χ1n) is 4.67. The molecule has 0 atom stereocenters. The van der Waals surface area contributed by atoms with Crippen molar-refractivity contribution >= 4 is 34.9 Å². The van der Waals surface area contributed by atoms with E-state index in [0.29, 0.717) is 11.4 Å². The maximum absolute atomic E-state index is 8.91. The Morgan fingerprint density at radius 2 is 2.24 bits per heavy atom. The largest absolute Gasteiger partial charge is 0.245 e. The lowest BCUT2D eigenvalue weighted by Gasteiger charge is -1.99. The number of thioether (sulfide) groups is 2. The van der Waals surface area contributed by atoms with Crippen LogP contribution in [-0.2, 0) is 5.75 Å². The molecule has 0 aromatic carbocycles. The summed E-state index contributed by atoms with van der Waals surface area (Å²) in [5, 5.41) is 17.0. The van der Waals surface area contributed by atoms with Gasteiger partial charge in [-0.2, -0.15) is 5.26 Å². The van der Waals surface area contributed by atoms with E-state index in [4.69, 9.17) is 5.26 Å². The average Bonchev–Trinajstić information content (AvgIpc) is 2.84. The fourth-order valence-electron chi connectivity index (χ4n) is 1.13. The van der Waals surface area contributed by atoms with Crippen molar-refractivity contribution in [3.63, 3.8) is 0 Å². The fourth-order valence-corrected chi connectivity index (χ4v) is 3.56. The van der Waals surface area contributed by atoms with Gasteiger partial charge in [-0.25, -0.2) is 4.98 Å². The van der Waals surface area contributed by atoms with Crippen molar-refractivity contribution in [3.05, 3.63) is 29.6 Å². The highest BCUT2D eigenvalue weighted by molar-refractivity contribution is 8.02. The summed E-state index contributed by atoms with van der Waals surface area (Å²) in [7, 11) is 0. The summed E-state index contributed by atoms with van der Waals surface area (Å²) in [5.41, 5.74) is 1.41. The maximum Gasteiger partial charge on any atom is 0.175 e. The molecule has 0 spiro atoms. The van der Waals surface area contributed by atoms with Gasteiger partial charge in [0.1, 0.15) is 11.8 Å². The average molecular weight is 280 g/mol. The summed E-state index contributed by atoms with van der Waals surface area (Å²) in [4.78, 5) is 4.02. The van der Waals surface area contributed by atoms with E-state index in [1.54, 1.807) is 41.1 Å². The molecule has 0 N–H and O–H groups in total. The molecule has 0 aliphatic rings. The molecule has 0 radical (unpaired) electrons. The van der Waals surface area contributed by atoms with Gasteiger partial charge in [0.2, 0.25) is 0 Å². The summed E-state index contributed by atoms with van der Waals surface area (Å²) < 4.78 is 1.88. The molecule has 0 aliphatic heterocycles. The Morgan fingerprint density at radius 1 is 1.41 bits per heavy atom. The third-order valence-corrected chi connectivity index (χ3v) is 4.99. The molecular weight excluding hydrogens is 272 g/mol. The van der Waals surface area contributed by atoms with Crippen LogP contribution in [0.15, 0.2) is 27.0 Å². The van der Waals surface area contributed by atoms with Crippen LogP contribution in [0, 0.1) is 11.3 Å². The zero-order chi connectivity index (χ0) is 12.1. The van der Waals surface area contributed by atoms with Crippen molar-refractivity contribution in [2.24, 2.45) is 0 Å². The second-order valence-electron chi connectivity index (χ2n) is 2.95. The van der Waals surface area contributed by atoms with E-state index in [9.17, 15) is 0 Å². The zero-order valence-electron chi connectivity index (χ0n) is 8.95. The summed E-state index contributed by atoms with van der Waals surface area (Å²) >= 11 is 4.73. The van der Waals surface area contributed by atoms with E-state index in [1.807, 2.05) is 18.4 Å². The van der Waals surface area contributed by atoms with Gasteiger partial charge in [-0.15, -0.1) is 10.2 Å². The molecule has 2 heterocycles. The molecule has 0 saturated carbocycles. The Bertz CT molecular complexity index is 546. The quantitative estimate of drug-likeness (QED) is 0.802. The van der Waals surface area contributed by atoms with E-state index >= 15 is 0 Å². The van der Waals surface area contributed by atoms with Crippen LogP contribution < -0.4 is 0 Å². The highest BCUT2D eigenvalue weighted by Crippen LogP contribution is 2.29. The number of aromatic nitrogens is 3. The van der Waals surface area contributed by atoms with Crippen molar-refractivity contribution in [2.45, 2.75) is 14.4 Å². The van der Waals surface area contributed by atoms with Gasteiger partial charge < -0.3 is 0 Å². The van der Waals surface area contributed by atoms with E-state index in [-0.39, 0.29) is 0 Å². The number of pyridine rings is 1. The van der Waals surface area contributed by atoms with Crippen LogP contribution in [0.25, 0.3) is 0 Å². The summed E-state index contributed by atoms with van der Waals surface area (Å²) in [6.07, 6.45) is 3.60. The molecule has 4 nitrogen and oxygen atoms in total. The molecule has 0 amide bonds. The number of rotatable bonds is 4. The van der Waals surface area contributed by atoms with Crippen molar-refractivity contribution in [1.29, 1.82) is 5.26 Å². The maximum atomic E-state index is 8.91. The highest BCUT2D eigenvalue weighted by Gasteiger charge is 2.07. The molecule has 2 aromatic heterocycles. The predicted octanol–water partition coefficient (Wildman–Crippen LogP) is 2.82. The summed E-state index contributed by atoms with van der Waals surface area (Å²) in [6, 6.07) is 5.84. The van der Waals surface area contributed by atoms with Crippen LogP contribution in [0.3, 0.4) is 0 Å². The topological polar surface area (TPSA) is 62.5 Å². The van der Waals surface area contributed by atoms with Gasteiger partial charge in [0.05, 0.1) is 0 Å².